The Balaban J connectivity index is 2.09. The molecule has 0 aliphatic carbocycles. The number of hydrogen-bond acceptors (Lipinski definition) is 3. The number of aromatic nitrogens is 2. The zero-order chi connectivity index (χ0) is 13.4. The number of rotatable bonds is 8. The van der Waals surface area contributed by atoms with Gasteiger partial charge in [-0.2, -0.15) is 0 Å². The predicted octanol–water partition coefficient (Wildman–Crippen LogP) is 1.02. The molecule has 1 aromatic heterocycles. The van der Waals surface area contributed by atoms with Crippen molar-refractivity contribution in [2.24, 2.45) is 5.92 Å². The molecule has 0 radical (unpaired) electrons. The monoisotopic (exact) mass is 252 g/mol. The summed E-state index contributed by atoms with van der Waals surface area (Å²) >= 11 is 0. The summed E-state index contributed by atoms with van der Waals surface area (Å²) in [4.78, 5) is 15.7. The average Bonchev–Trinajstić information content (AvgIpc) is 2.84. The van der Waals surface area contributed by atoms with Gasteiger partial charge in [-0.25, -0.2) is 4.98 Å². The number of amides is 1. The molecule has 0 aliphatic rings. The van der Waals surface area contributed by atoms with Crippen molar-refractivity contribution in [3.63, 3.8) is 0 Å². The Labute approximate surface area is 109 Å². The molecule has 1 aromatic rings. The van der Waals surface area contributed by atoms with Crippen LogP contribution in [0.5, 0.6) is 0 Å². The molecular weight excluding hydrogens is 228 g/mol. The van der Waals surface area contributed by atoms with Crippen LogP contribution in [0.3, 0.4) is 0 Å². The first-order valence-corrected chi connectivity index (χ1v) is 6.56. The second kappa shape index (κ2) is 7.87. The van der Waals surface area contributed by atoms with E-state index >= 15 is 0 Å². The minimum atomic E-state index is -0.133. The van der Waals surface area contributed by atoms with Crippen LogP contribution in [0, 0.1) is 5.92 Å². The van der Waals surface area contributed by atoms with Gasteiger partial charge in [-0.15, -0.1) is 0 Å². The lowest BCUT2D eigenvalue weighted by molar-refractivity contribution is -0.122. The molecular formula is C13H24N4O. The molecule has 0 aromatic carbocycles. The summed E-state index contributed by atoms with van der Waals surface area (Å²) in [5.41, 5.74) is 0. The molecule has 1 amide bonds. The summed E-state index contributed by atoms with van der Waals surface area (Å²) in [5.74, 6) is 0.564. The van der Waals surface area contributed by atoms with Crippen molar-refractivity contribution in [2.45, 2.75) is 39.8 Å². The van der Waals surface area contributed by atoms with Gasteiger partial charge in [0.05, 0.1) is 12.4 Å². The van der Waals surface area contributed by atoms with Gasteiger partial charge in [0.2, 0.25) is 5.91 Å². The number of imidazole rings is 1. The smallest absolute Gasteiger partial charge is 0.236 e. The average molecular weight is 252 g/mol. The Kier molecular flexibility index (Phi) is 6.43. The second-order valence-corrected chi connectivity index (χ2v) is 4.97. The minimum Gasteiger partial charge on any atom is -0.354 e. The van der Waals surface area contributed by atoms with Gasteiger partial charge in [-0.05, 0) is 25.8 Å². The maximum atomic E-state index is 11.7. The molecule has 0 saturated carbocycles. The maximum absolute atomic E-state index is 11.7. The van der Waals surface area contributed by atoms with Crippen LogP contribution in [-0.4, -0.2) is 34.6 Å². The third kappa shape index (κ3) is 5.82. The van der Waals surface area contributed by atoms with Crippen molar-refractivity contribution in [1.29, 1.82) is 0 Å². The van der Waals surface area contributed by atoms with Crippen LogP contribution in [0.1, 0.15) is 27.2 Å². The maximum Gasteiger partial charge on any atom is 0.236 e. The molecule has 18 heavy (non-hydrogen) atoms. The largest absolute Gasteiger partial charge is 0.354 e. The van der Waals surface area contributed by atoms with Crippen LogP contribution in [0.2, 0.25) is 0 Å². The van der Waals surface area contributed by atoms with Crippen molar-refractivity contribution >= 4 is 5.91 Å². The molecule has 1 unspecified atom stereocenters. The third-order valence-corrected chi connectivity index (χ3v) is 2.68. The van der Waals surface area contributed by atoms with Crippen LogP contribution in [-0.2, 0) is 11.3 Å². The van der Waals surface area contributed by atoms with E-state index in [9.17, 15) is 4.79 Å². The number of nitrogens with zero attached hydrogens (tertiary/aromatic N) is 2. The molecule has 0 aliphatic heterocycles. The molecule has 1 heterocycles. The number of aryl methyl sites for hydroxylation is 1. The highest BCUT2D eigenvalue weighted by molar-refractivity contribution is 5.81. The zero-order valence-corrected chi connectivity index (χ0v) is 11.5. The zero-order valence-electron chi connectivity index (χ0n) is 11.5. The van der Waals surface area contributed by atoms with Gasteiger partial charge < -0.3 is 15.2 Å². The fourth-order valence-electron chi connectivity index (χ4n) is 1.55. The molecule has 0 fully saturated rings. The van der Waals surface area contributed by atoms with Gasteiger partial charge in [-0.1, -0.05) is 13.8 Å². The van der Waals surface area contributed by atoms with Crippen LogP contribution >= 0.6 is 0 Å². The lowest BCUT2D eigenvalue weighted by atomic mass is 10.2. The Morgan fingerprint density at radius 2 is 2.17 bits per heavy atom. The molecule has 0 saturated heterocycles. The van der Waals surface area contributed by atoms with E-state index in [-0.39, 0.29) is 11.9 Å². The van der Waals surface area contributed by atoms with Gasteiger partial charge >= 0.3 is 0 Å². The van der Waals surface area contributed by atoms with Gasteiger partial charge in [0.25, 0.3) is 0 Å². The summed E-state index contributed by atoms with van der Waals surface area (Å²) in [6, 6.07) is -0.133. The molecule has 5 heteroatoms. The third-order valence-electron chi connectivity index (χ3n) is 2.68. The van der Waals surface area contributed by atoms with Crippen molar-refractivity contribution < 1.29 is 4.79 Å². The van der Waals surface area contributed by atoms with E-state index in [4.69, 9.17) is 0 Å². The van der Waals surface area contributed by atoms with Gasteiger partial charge in [0, 0.05) is 25.5 Å². The summed E-state index contributed by atoms with van der Waals surface area (Å²) in [6.45, 7) is 8.56. The van der Waals surface area contributed by atoms with E-state index < -0.39 is 0 Å². The number of hydrogen-bond donors (Lipinski definition) is 2. The molecule has 2 N–H and O–H groups in total. The summed E-state index contributed by atoms with van der Waals surface area (Å²) in [5, 5.41) is 6.14. The molecule has 1 atom stereocenters. The van der Waals surface area contributed by atoms with E-state index in [1.54, 1.807) is 12.5 Å². The number of carbonyl (C=O) groups excluding carboxylic acids is 1. The lowest BCUT2D eigenvalue weighted by Crippen LogP contribution is -2.43. The number of nitrogens with one attached hydrogen (secondary N) is 2. The number of carbonyl (C=O) groups is 1. The summed E-state index contributed by atoms with van der Waals surface area (Å²) < 4.78 is 2.03. The van der Waals surface area contributed by atoms with Crippen LogP contribution < -0.4 is 10.6 Å². The Bertz CT molecular complexity index is 335. The SMILES string of the molecule is CC(C)CNC(=O)C(C)NCCCn1ccnc1. The van der Waals surface area contributed by atoms with Crippen molar-refractivity contribution in [1.82, 2.24) is 20.2 Å². The van der Waals surface area contributed by atoms with Crippen LogP contribution in [0.15, 0.2) is 18.7 Å². The summed E-state index contributed by atoms with van der Waals surface area (Å²) in [6.07, 6.45) is 6.51. The molecule has 1 rings (SSSR count). The van der Waals surface area contributed by atoms with Crippen molar-refractivity contribution in [2.75, 3.05) is 13.1 Å². The molecule has 102 valence electrons. The van der Waals surface area contributed by atoms with E-state index in [1.807, 2.05) is 17.7 Å². The topological polar surface area (TPSA) is 59.0 Å². The van der Waals surface area contributed by atoms with E-state index in [2.05, 4.69) is 29.5 Å². The van der Waals surface area contributed by atoms with Crippen molar-refractivity contribution in [3.8, 4) is 0 Å². The first kappa shape index (κ1) is 14.7. The van der Waals surface area contributed by atoms with Gasteiger partial charge in [-0.3, -0.25) is 4.79 Å². The normalized spacial score (nSPS) is 12.7. The summed E-state index contributed by atoms with van der Waals surface area (Å²) in [7, 11) is 0. The first-order chi connectivity index (χ1) is 8.59. The Morgan fingerprint density at radius 1 is 1.39 bits per heavy atom. The van der Waals surface area contributed by atoms with Gasteiger partial charge in [0.1, 0.15) is 0 Å². The predicted molar refractivity (Wildman–Crippen MR) is 72.2 cm³/mol. The Hall–Kier alpha value is -1.36. The quantitative estimate of drug-likeness (QED) is 0.679. The van der Waals surface area contributed by atoms with E-state index in [1.165, 1.54) is 0 Å². The standard InChI is InChI=1S/C13H24N4O/c1-11(2)9-16-13(18)12(3)15-5-4-7-17-8-6-14-10-17/h6,8,10-12,15H,4-5,7,9H2,1-3H3,(H,16,18). The van der Waals surface area contributed by atoms with E-state index in [0.29, 0.717) is 5.92 Å². The lowest BCUT2D eigenvalue weighted by Gasteiger charge is -2.15. The highest BCUT2D eigenvalue weighted by Gasteiger charge is 2.11. The Morgan fingerprint density at radius 3 is 2.78 bits per heavy atom. The second-order valence-electron chi connectivity index (χ2n) is 4.97. The molecule has 5 nitrogen and oxygen atoms in total. The molecule has 0 spiro atoms. The fraction of sp³-hybridized carbons (Fsp3) is 0.692. The van der Waals surface area contributed by atoms with E-state index in [0.717, 1.165) is 26.1 Å². The highest BCUT2D eigenvalue weighted by Crippen LogP contribution is 1.92. The molecule has 0 bridgehead atoms. The van der Waals surface area contributed by atoms with Crippen LogP contribution in [0.25, 0.3) is 0 Å². The van der Waals surface area contributed by atoms with Crippen LogP contribution in [0.4, 0.5) is 0 Å². The van der Waals surface area contributed by atoms with Gasteiger partial charge in [0.15, 0.2) is 0 Å². The van der Waals surface area contributed by atoms with Crippen molar-refractivity contribution in [3.05, 3.63) is 18.7 Å². The fourth-order valence-corrected chi connectivity index (χ4v) is 1.55. The minimum absolute atomic E-state index is 0.0753. The first-order valence-electron chi connectivity index (χ1n) is 6.56. The highest BCUT2D eigenvalue weighted by atomic mass is 16.2.